The van der Waals surface area contributed by atoms with Crippen LogP contribution in [0.5, 0.6) is 5.75 Å². The number of aliphatic hydroxyl groups excluding tert-OH is 1. The van der Waals surface area contributed by atoms with Crippen LogP contribution in [-0.4, -0.2) is 49.1 Å². The summed E-state index contributed by atoms with van der Waals surface area (Å²) >= 11 is 3.45. The fourth-order valence-corrected chi connectivity index (χ4v) is 4.11. The first-order valence-electron chi connectivity index (χ1n) is 9.56. The van der Waals surface area contributed by atoms with E-state index in [1.54, 1.807) is 32.4 Å². The van der Waals surface area contributed by atoms with Crippen molar-refractivity contribution in [3.63, 3.8) is 0 Å². The SMILES string of the molecule is COCCCN1C(=O)C(=O)C(=C(O)c2ccc(OC)c(C)c2)[C@H]1c1cccc(Br)c1. The molecule has 0 unspecified atom stereocenters. The predicted molar refractivity (Wildman–Crippen MR) is 117 cm³/mol. The topological polar surface area (TPSA) is 76.1 Å². The molecule has 1 atom stereocenters. The Bertz CT molecular complexity index is 1000. The summed E-state index contributed by atoms with van der Waals surface area (Å²) in [5.74, 6) is -0.834. The van der Waals surface area contributed by atoms with Gasteiger partial charge >= 0.3 is 0 Å². The molecule has 1 fully saturated rings. The molecule has 1 N–H and O–H groups in total. The zero-order chi connectivity index (χ0) is 21.8. The number of amides is 1. The molecule has 0 aromatic heterocycles. The molecule has 3 rings (SSSR count). The number of ketones is 1. The van der Waals surface area contributed by atoms with E-state index < -0.39 is 17.7 Å². The molecule has 1 aliphatic heterocycles. The van der Waals surface area contributed by atoms with Crippen LogP contribution in [0.1, 0.15) is 29.2 Å². The van der Waals surface area contributed by atoms with Gasteiger partial charge in [-0.3, -0.25) is 9.59 Å². The van der Waals surface area contributed by atoms with Crippen molar-refractivity contribution in [1.82, 2.24) is 4.90 Å². The van der Waals surface area contributed by atoms with Gasteiger partial charge in [0.05, 0.1) is 18.7 Å². The van der Waals surface area contributed by atoms with Crippen molar-refractivity contribution < 1.29 is 24.2 Å². The highest BCUT2D eigenvalue weighted by molar-refractivity contribution is 9.10. The van der Waals surface area contributed by atoms with E-state index in [1.807, 2.05) is 31.2 Å². The fraction of sp³-hybridized carbons (Fsp3) is 0.304. The van der Waals surface area contributed by atoms with E-state index in [1.165, 1.54) is 4.90 Å². The normalized spacial score (nSPS) is 18.1. The number of benzene rings is 2. The number of methoxy groups -OCH3 is 2. The zero-order valence-electron chi connectivity index (χ0n) is 17.1. The highest BCUT2D eigenvalue weighted by atomic mass is 79.9. The molecule has 1 saturated heterocycles. The van der Waals surface area contributed by atoms with Gasteiger partial charge in [-0.05, 0) is 54.8 Å². The van der Waals surface area contributed by atoms with Gasteiger partial charge in [-0.15, -0.1) is 0 Å². The Morgan fingerprint density at radius 2 is 1.93 bits per heavy atom. The number of likely N-dealkylation sites (tertiary alicyclic amines) is 1. The monoisotopic (exact) mass is 473 g/mol. The summed E-state index contributed by atoms with van der Waals surface area (Å²) in [6, 6.07) is 11.9. The van der Waals surface area contributed by atoms with Crippen molar-refractivity contribution in [2.75, 3.05) is 27.4 Å². The number of ether oxygens (including phenoxy) is 2. The minimum Gasteiger partial charge on any atom is -0.507 e. The Labute approximate surface area is 184 Å². The third kappa shape index (κ3) is 4.27. The second-order valence-corrected chi connectivity index (χ2v) is 7.99. The van der Waals surface area contributed by atoms with Crippen LogP contribution < -0.4 is 4.74 Å². The molecule has 1 amide bonds. The van der Waals surface area contributed by atoms with Crippen LogP contribution in [0.25, 0.3) is 5.76 Å². The molecule has 158 valence electrons. The average Bonchev–Trinajstić information content (AvgIpc) is 2.98. The van der Waals surface area contributed by atoms with Crippen LogP contribution in [0.15, 0.2) is 52.5 Å². The summed E-state index contributed by atoms with van der Waals surface area (Å²) in [5.41, 5.74) is 2.10. The highest BCUT2D eigenvalue weighted by Crippen LogP contribution is 2.40. The van der Waals surface area contributed by atoms with Crippen molar-refractivity contribution in [2.45, 2.75) is 19.4 Å². The minimum absolute atomic E-state index is 0.0834. The van der Waals surface area contributed by atoms with Crippen LogP contribution in [0.2, 0.25) is 0 Å². The summed E-state index contributed by atoms with van der Waals surface area (Å²) in [4.78, 5) is 27.3. The third-order valence-electron chi connectivity index (χ3n) is 5.12. The maximum absolute atomic E-state index is 13.0. The van der Waals surface area contributed by atoms with Gasteiger partial charge in [0.2, 0.25) is 0 Å². The number of halogens is 1. The highest BCUT2D eigenvalue weighted by Gasteiger charge is 2.45. The van der Waals surface area contributed by atoms with Crippen molar-refractivity contribution in [3.05, 3.63) is 69.2 Å². The van der Waals surface area contributed by atoms with E-state index in [4.69, 9.17) is 9.47 Å². The Morgan fingerprint density at radius 3 is 2.57 bits per heavy atom. The Hall–Kier alpha value is -2.64. The lowest BCUT2D eigenvalue weighted by Crippen LogP contribution is -2.31. The van der Waals surface area contributed by atoms with Gasteiger partial charge in [0.25, 0.3) is 11.7 Å². The van der Waals surface area contributed by atoms with Gasteiger partial charge in [0.1, 0.15) is 11.5 Å². The molecule has 1 aliphatic rings. The third-order valence-corrected chi connectivity index (χ3v) is 5.61. The summed E-state index contributed by atoms with van der Waals surface area (Å²) in [5, 5.41) is 11.1. The number of rotatable bonds is 7. The minimum atomic E-state index is -0.691. The van der Waals surface area contributed by atoms with E-state index in [0.29, 0.717) is 30.9 Å². The van der Waals surface area contributed by atoms with E-state index in [-0.39, 0.29) is 11.3 Å². The maximum atomic E-state index is 13.0. The summed E-state index contributed by atoms with van der Waals surface area (Å²) in [7, 11) is 3.16. The lowest BCUT2D eigenvalue weighted by molar-refractivity contribution is -0.140. The quantitative estimate of drug-likeness (QED) is 0.282. The van der Waals surface area contributed by atoms with Crippen molar-refractivity contribution in [2.24, 2.45) is 0 Å². The van der Waals surface area contributed by atoms with Crippen LogP contribution in [0, 0.1) is 6.92 Å². The van der Waals surface area contributed by atoms with Gasteiger partial charge < -0.3 is 19.5 Å². The fourth-order valence-electron chi connectivity index (χ4n) is 3.69. The van der Waals surface area contributed by atoms with Crippen LogP contribution in [-0.2, 0) is 14.3 Å². The van der Waals surface area contributed by atoms with Gasteiger partial charge in [-0.2, -0.15) is 0 Å². The maximum Gasteiger partial charge on any atom is 0.295 e. The molecule has 7 heteroatoms. The van der Waals surface area contributed by atoms with Crippen LogP contribution in [0.3, 0.4) is 0 Å². The number of nitrogens with zero attached hydrogens (tertiary/aromatic N) is 1. The van der Waals surface area contributed by atoms with Gasteiger partial charge in [-0.25, -0.2) is 0 Å². The average molecular weight is 474 g/mol. The van der Waals surface area contributed by atoms with E-state index in [0.717, 1.165) is 15.6 Å². The molecule has 0 bridgehead atoms. The largest absolute Gasteiger partial charge is 0.507 e. The number of carbonyl (C=O) groups excluding carboxylic acids is 2. The Balaban J connectivity index is 2.13. The van der Waals surface area contributed by atoms with Gasteiger partial charge in [0.15, 0.2) is 0 Å². The predicted octanol–water partition coefficient (Wildman–Crippen LogP) is 4.22. The molecule has 0 saturated carbocycles. The first kappa shape index (κ1) is 22.1. The van der Waals surface area contributed by atoms with Crippen LogP contribution in [0.4, 0.5) is 0 Å². The van der Waals surface area contributed by atoms with Crippen molar-refractivity contribution in [1.29, 1.82) is 0 Å². The Morgan fingerprint density at radius 1 is 1.17 bits per heavy atom. The summed E-state index contributed by atoms with van der Waals surface area (Å²) in [6.45, 7) is 2.66. The first-order valence-corrected chi connectivity index (χ1v) is 10.4. The van der Waals surface area contributed by atoms with Crippen molar-refractivity contribution >= 4 is 33.4 Å². The lowest BCUT2D eigenvalue weighted by atomic mass is 9.95. The molecule has 0 aliphatic carbocycles. The van der Waals surface area contributed by atoms with E-state index >= 15 is 0 Å². The molecule has 0 radical (unpaired) electrons. The molecule has 2 aromatic rings. The number of hydrogen-bond acceptors (Lipinski definition) is 5. The van der Waals surface area contributed by atoms with Gasteiger partial charge in [0, 0.05) is 30.3 Å². The van der Waals surface area contributed by atoms with E-state index in [9.17, 15) is 14.7 Å². The summed E-state index contributed by atoms with van der Waals surface area (Å²) in [6.07, 6.45) is 0.579. The molecule has 2 aromatic carbocycles. The summed E-state index contributed by atoms with van der Waals surface area (Å²) < 4.78 is 11.2. The molecule has 6 nitrogen and oxygen atoms in total. The van der Waals surface area contributed by atoms with E-state index in [2.05, 4.69) is 15.9 Å². The standard InChI is InChI=1S/C23H24BrNO5/c1-14-12-16(8-9-18(14)30-3)21(26)19-20(15-6-4-7-17(24)13-15)25(10-5-11-29-2)23(28)22(19)27/h4,6-9,12-13,20,26H,5,10-11H2,1-3H3/t20-/m1/s1. The number of Topliss-reactive ketones (excluding diaryl/α,β-unsaturated/α-hetero) is 1. The van der Waals surface area contributed by atoms with Gasteiger partial charge in [-0.1, -0.05) is 28.1 Å². The Kier molecular flexibility index (Phi) is 6.95. The molecule has 30 heavy (non-hydrogen) atoms. The number of aryl methyl sites for hydroxylation is 1. The number of carbonyl (C=O) groups is 2. The molecule has 0 spiro atoms. The van der Waals surface area contributed by atoms with Crippen molar-refractivity contribution in [3.8, 4) is 5.75 Å². The number of hydrogen-bond donors (Lipinski definition) is 1. The molecule has 1 heterocycles. The smallest absolute Gasteiger partial charge is 0.295 e. The number of aliphatic hydroxyl groups is 1. The van der Waals surface area contributed by atoms with Crippen LogP contribution >= 0.6 is 15.9 Å². The lowest BCUT2D eigenvalue weighted by Gasteiger charge is -2.25. The second kappa shape index (κ2) is 9.45. The second-order valence-electron chi connectivity index (χ2n) is 7.08. The molecular formula is C23H24BrNO5. The first-order chi connectivity index (χ1) is 14.4. The zero-order valence-corrected chi connectivity index (χ0v) is 18.7. The molecular weight excluding hydrogens is 450 g/mol.